The molecule has 3 aromatic heterocycles. The molecule has 47 heavy (non-hydrogen) atoms. The third-order valence-electron chi connectivity index (χ3n) is 9.19. The Balaban J connectivity index is 1.23. The van der Waals surface area contributed by atoms with Gasteiger partial charge >= 0.3 is 0 Å². The Morgan fingerprint density at radius 2 is 1.15 bits per heavy atom. The van der Waals surface area contributed by atoms with Crippen molar-refractivity contribution in [2.24, 2.45) is 7.05 Å². The Morgan fingerprint density at radius 1 is 0.447 bits per heavy atom. The Kier molecular flexibility index (Phi) is 6.32. The summed E-state index contributed by atoms with van der Waals surface area (Å²) in [6, 6.07) is 55.8. The molecule has 4 heteroatoms. The van der Waals surface area contributed by atoms with Gasteiger partial charge in [0.25, 0.3) is 0 Å². The van der Waals surface area contributed by atoms with Crippen LogP contribution in [0.1, 0.15) is 0 Å². The van der Waals surface area contributed by atoms with Crippen LogP contribution in [0.3, 0.4) is 0 Å². The number of aromatic nitrogens is 4. The predicted molar refractivity (Wildman–Crippen MR) is 195 cm³/mol. The number of benzene rings is 6. The lowest BCUT2D eigenvalue weighted by Crippen LogP contribution is -1.96. The molecule has 3 heterocycles. The van der Waals surface area contributed by atoms with Gasteiger partial charge in [0.15, 0.2) is 0 Å². The summed E-state index contributed by atoms with van der Waals surface area (Å²) >= 11 is 0. The maximum atomic E-state index is 5.03. The van der Waals surface area contributed by atoms with Gasteiger partial charge in [-0.2, -0.15) is 0 Å². The largest absolute Gasteiger partial charge is 0.327 e. The molecule has 222 valence electrons. The van der Waals surface area contributed by atoms with Gasteiger partial charge in [0.1, 0.15) is 5.82 Å². The van der Waals surface area contributed by atoms with E-state index in [0.717, 1.165) is 61.5 Å². The molecule has 4 nitrogen and oxygen atoms in total. The van der Waals surface area contributed by atoms with Crippen LogP contribution in [-0.2, 0) is 7.05 Å². The molecule has 0 saturated heterocycles. The van der Waals surface area contributed by atoms with Crippen molar-refractivity contribution in [3.63, 3.8) is 0 Å². The molecular formula is C43H30N4. The molecule has 9 aromatic rings. The molecule has 0 amide bonds. The van der Waals surface area contributed by atoms with Gasteiger partial charge in [0.05, 0.1) is 27.8 Å². The fourth-order valence-corrected chi connectivity index (χ4v) is 6.82. The van der Waals surface area contributed by atoms with Crippen LogP contribution in [0.15, 0.2) is 164 Å². The van der Waals surface area contributed by atoms with Crippen molar-refractivity contribution in [1.82, 2.24) is 19.1 Å². The highest BCUT2D eigenvalue weighted by molar-refractivity contribution is 6.11. The summed E-state index contributed by atoms with van der Waals surface area (Å²) in [5.41, 5.74) is 13.3. The van der Waals surface area contributed by atoms with E-state index in [1.807, 2.05) is 18.3 Å². The van der Waals surface area contributed by atoms with Gasteiger partial charge in [-0.3, -0.25) is 4.98 Å². The average Bonchev–Trinajstić information content (AvgIpc) is 3.66. The molecule has 0 radical (unpaired) electrons. The molecule has 0 N–H and O–H groups in total. The lowest BCUT2D eigenvalue weighted by Gasteiger charge is -2.11. The van der Waals surface area contributed by atoms with Crippen LogP contribution in [0.25, 0.3) is 83.4 Å². The molecule has 0 unspecified atom stereocenters. The van der Waals surface area contributed by atoms with Crippen molar-refractivity contribution in [1.29, 1.82) is 0 Å². The van der Waals surface area contributed by atoms with Gasteiger partial charge < -0.3 is 9.13 Å². The molecule has 0 spiro atoms. The topological polar surface area (TPSA) is 35.6 Å². The second-order valence-corrected chi connectivity index (χ2v) is 12.0. The molecule has 0 atom stereocenters. The molecule has 0 aliphatic carbocycles. The minimum Gasteiger partial charge on any atom is -0.327 e. The van der Waals surface area contributed by atoms with Crippen molar-refractivity contribution >= 4 is 32.8 Å². The van der Waals surface area contributed by atoms with E-state index in [4.69, 9.17) is 9.97 Å². The van der Waals surface area contributed by atoms with Crippen LogP contribution < -0.4 is 0 Å². The van der Waals surface area contributed by atoms with Crippen molar-refractivity contribution < 1.29 is 0 Å². The van der Waals surface area contributed by atoms with Crippen molar-refractivity contribution in [3.8, 4) is 50.6 Å². The van der Waals surface area contributed by atoms with E-state index in [9.17, 15) is 0 Å². The summed E-state index contributed by atoms with van der Waals surface area (Å²) < 4.78 is 4.57. The highest BCUT2D eigenvalue weighted by Crippen LogP contribution is 2.38. The smallest absolute Gasteiger partial charge is 0.140 e. The fraction of sp³-hybridized carbons (Fsp3) is 0.0233. The van der Waals surface area contributed by atoms with Crippen LogP contribution in [0.5, 0.6) is 0 Å². The first-order chi connectivity index (χ1) is 23.2. The molecule has 0 aliphatic rings. The molecule has 0 bridgehead atoms. The van der Waals surface area contributed by atoms with Gasteiger partial charge in [0.2, 0.25) is 0 Å². The number of rotatable bonds is 5. The molecular weight excluding hydrogens is 573 g/mol. The first-order valence-electron chi connectivity index (χ1n) is 15.9. The highest BCUT2D eigenvalue weighted by atomic mass is 15.1. The molecule has 0 fully saturated rings. The number of hydrogen-bond acceptors (Lipinski definition) is 2. The monoisotopic (exact) mass is 602 g/mol. The lowest BCUT2D eigenvalue weighted by atomic mass is 10.0. The number of hydrogen-bond donors (Lipinski definition) is 0. The number of fused-ring (bicyclic) bond motifs is 4. The second-order valence-electron chi connectivity index (χ2n) is 12.0. The van der Waals surface area contributed by atoms with Crippen LogP contribution in [0, 0.1) is 0 Å². The standard InChI is InChI=1S/C43H30N4/c1-46-41-18-9-8-17-39(41)45-43(46)33-19-22-36-37-26-31(29-11-4-2-5-12-29)21-24-40(37)47(42(36)27-33)35-16-10-15-32(25-35)38-23-20-34(28-44-38)30-13-6-3-7-14-30/h2-28H,1H3. The zero-order valence-corrected chi connectivity index (χ0v) is 25.9. The van der Waals surface area contributed by atoms with Crippen LogP contribution in [0.4, 0.5) is 0 Å². The second kappa shape index (κ2) is 11.0. The zero-order chi connectivity index (χ0) is 31.3. The number of para-hydroxylation sites is 2. The third-order valence-corrected chi connectivity index (χ3v) is 9.19. The third kappa shape index (κ3) is 4.62. The van der Waals surface area contributed by atoms with Crippen LogP contribution >= 0.6 is 0 Å². The van der Waals surface area contributed by atoms with Gasteiger partial charge in [0, 0.05) is 46.4 Å². The summed E-state index contributed by atoms with van der Waals surface area (Å²) in [5.74, 6) is 0.950. The average molecular weight is 603 g/mol. The molecule has 9 rings (SSSR count). The highest BCUT2D eigenvalue weighted by Gasteiger charge is 2.17. The van der Waals surface area contributed by atoms with E-state index in [2.05, 4.69) is 162 Å². The van der Waals surface area contributed by atoms with Crippen molar-refractivity contribution in [3.05, 3.63) is 164 Å². The maximum absolute atomic E-state index is 5.03. The van der Waals surface area contributed by atoms with Gasteiger partial charge in [-0.05, 0) is 65.2 Å². The summed E-state index contributed by atoms with van der Waals surface area (Å²) in [5, 5.41) is 2.42. The minimum absolute atomic E-state index is 0.944. The van der Waals surface area contributed by atoms with E-state index in [1.165, 1.54) is 21.9 Å². The first-order valence-corrected chi connectivity index (χ1v) is 15.9. The molecule has 6 aromatic carbocycles. The van der Waals surface area contributed by atoms with Crippen LogP contribution in [-0.4, -0.2) is 19.1 Å². The van der Waals surface area contributed by atoms with Crippen molar-refractivity contribution in [2.45, 2.75) is 0 Å². The van der Waals surface area contributed by atoms with E-state index < -0.39 is 0 Å². The number of imidazole rings is 1. The number of aryl methyl sites for hydroxylation is 1. The maximum Gasteiger partial charge on any atom is 0.140 e. The minimum atomic E-state index is 0.944. The number of nitrogens with zero attached hydrogens (tertiary/aromatic N) is 4. The molecule has 0 saturated carbocycles. The quantitative estimate of drug-likeness (QED) is 0.196. The summed E-state index contributed by atoms with van der Waals surface area (Å²) in [7, 11) is 2.09. The van der Waals surface area contributed by atoms with E-state index in [-0.39, 0.29) is 0 Å². The lowest BCUT2D eigenvalue weighted by molar-refractivity contribution is 0.959. The summed E-state index contributed by atoms with van der Waals surface area (Å²) in [6.07, 6.45) is 1.96. The Morgan fingerprint density at radius 3 is 1.91 bits per heavy atom. The fourth-order valence-electron chi connectivity index (χ4n) is 6.82. The van der Waals surface area contributed by atoms with Crippen LogP contribution in [0.2, 0.25) is 0 Å². The van der Waals surface area contributed by atoms with Gasteiger partial charge in [-0.1, -0.05) is 109 Å². The Hall–Kier alpha value is -6.26. The normalized spacial score (nSPS) is 11.5. The van der Waals surface area contributed by atoms with E-state index in [1.54, 1.807) is 0 Å². The Labute approximate surface area is 272 Å². The summed E-state index contributed by atoms with van der Waals surface area (Å²) in [6.45, 7) is 0. The van der Waals surface area contributed by atoms with Gasteiger partial charge in [-0.15, -0.1) is 0 Å². The Bertz CT molecular complexity index is 2560. The van der Waals surface area contributed by atoms with E-state index in [0.29, 0.717) is 0 Å². The van der Waals surface area contributed by atoms with E-state index >= 15 is 0 Å². The first kappa shape index (κ1) is 27.1. The molecule has 0 aliphatic heterocycles. The zero-order valence-electron chi connectivity index (χ0n) is 25.9. The van der Waals surface area contributed by atoms with Gasteiger partial charge in [-0.25, -0.2) is 4.98 Å². The SMILES string of the molecule is Cn1c(-c2ccc3c4cc(-c5ccccc5)ccc4n(-c4cccc(-c5ccc(-c6ccccc6)cn5)c4)c3c2)nc2ccccc21. The predicted octanol–water partition coefficient (Wildman–Crippen LogP) is 10.7. The summed E-state index contributed by atoms with van der Waals surface area (Å²) in [4.78, 5) is 9.91. The number of pyridine rings is 1. The van der Waals surface area contributed by atoms with Crippen molar-refractivity contribution in [2.75, 3.05) is 0 Å².